The third-order valence-corrected chi connectivity index (χ3v) is 5.27. The molecule has 1 atom stereocenters. The number of hydrogen-bond donors (Lipinski definition) is 1. The standard InChI is InChI=1S/C23H30N2O3/c1-17-7-6-8-19(13-17)20-9-4-3-5-12-25(20)15-18-10-11-21(22(14-18)27-2)28-16-23(24)26/h6-8,10-11,13-14,20H,3-5,9,12,15-16H2,1-2H3,(H2,24,26)/t20-/m0/s1. The van der Waals surface area contributed by atoms with E-state index >= 15 is 0 Å². The van der Waals surface area contributed by atoms with Crippen LogP contribution in [0, 0.1) is 6.92 Å². The fourth-order valence-electron chi connectivity index (χ4n) is 3.92. The molecule has 2 aromatic carbocycles. The van der Waals surface area contributed by atoms with Gasteiger partial charge in [-0.25, -0.2) is 0 Å². The van der Waals surface area contributed by atoms with Crippen molar-refractivity contribution in [2.75, 3.05) is 20.3 Å². The van der Waals surface area contributed by atoms with E-state index in [1.165, 1.54) is 42.4 Å². The highest BCUT2D eigenvalue weighted by atomic mass is 16.5. The summed E-state index contributed by atoms with van der Waals surface area (Å²) < 4.78 is 10.9. The Bertz CT molecular complexity index is 806. The van der Waals surface area contributed by atoms with E-state index in [1.807, 2.05) is 18.2 Å². The Kier molecular flexibility index (Phi) is 6.93. The van der Waals surface area contributed by atoms with Gasteiger partial charge >= 0.3 is 0 Å². The Hall–Kier alpha value is -2.53. The molecule has 0 bridgehead atoms. The van der Waals surface area contributed by atoms with Crippen molar-refractivity contribution in [1.82, 2.24) is 4.90 Å². The van der Waals surface area contributed by atoms with E-state index in [9.17, 15) is 4.79 Å². The van der Waals surface area contributed by atoms with Crippen LogP contribution in [0.15, 0.2) is 42.5 Å². The maximum absolute atomic E-state index is 11.0. The van der Waals surface area contributed by atoms with E-state index < -0.39 is 5.91 Å². The molecule has 1 amide bonds. The van der Waals surface area contributed by atoms with Crippen molar-refractivity contribution in [3.05, 3.63) is 59.2 Å². The Morgan fingerprint density at radius 3 is 2.75 bits per heavy atom. The third-order valence-electron chi connectivity index (χ3n) is 5.27. The number of amides is 1. The monoisotopic (exact) mass is 382 g/mol. The van der Waals surface area contributed by atoms with Gasteiger partial charge in [-0.3, -0.25) is 9.69 Å². The minimum absolute atomic E-state index is 0.155. The average molecular weight is 383 g/mol. The molecule has 0 unspecified atom stereocenters. The number of rotatable bonds is 7. The predicted octanol–water partition coefficient (Wildman–Crippen LogP) is 3.99. The van der Waals surface area contributed by atoms with Gasteiger partial charge in [0.15, 0.2) is 18.1 Å². The number of ether oxygens (including phenoxy) is 2. The average Bonchev–Trinajstić information content (AvgIpc) is 2.92. The lowest BCUT2D eigenvalue weighted by atomic mass is 9.98. The second kappa shape index (κ2) is 9.60. The van der Waals surface area contributed by atoms with Crippen molar-refractivity contribution in [2.45, 2.75) is 45.2 Å². The molecule has 5 nitrogen and oxygen atoms in total. The van der Waals surface area contributed by atoms with Crippen LogP contribution in [0.25, 0.3) is 0 Å². The van der Waals surface area contributed by atoms with Crippen LogP contribution in [0.2, 0.25) is 0 Å². The SMILES string of the molecule is COc1cc(CN2CCCCC[C@H]2c2cccc(C)c2)ccc1OCC(N)=O. The zero-order chi connectivity index (χ0) is 19.9. The Labute approximate surface area is 167 Å². The normalized spacial score (nSPS) is 17.7. The summed E-state index contributed by atoms with van der Waals surface area (Å²) in [6.45, 7) is 3.93. The second-order valence-corrected chi connectivity index (χ2v) is 7.49. The van der Waals surface area contributed by atoms with Crippen molar-refractivity contribution in [3.8, 4) is 11.5 Å². The number of aryl methyl sites for hydroxylation is 1. The molecule has 3 rings (SSSR count). The highest BCUT2D eigenvalue weighted by molar-refractivity contribution is 5.75. The second-order valence-electron chi connectivity index (χ2n) is 7.49. The lowest BCUT2D eigenvalue weighted by Gasteiger charge is -2.31. The Morgan fingerprint density at radius 1 is 1.14 bits per heavy atom. The first-order valence-corrected chi connectivity index (χ1v) is 9.95. The van der Waals surface area contributed by atoms with Gasteiger partial charge < -0.3 is 15.2 Å². The minimum atomic E-state index is -0.503. The summed E-state index contributed by atoms with van der Waals surface area (Å²) in [5, 5.41) is 0. The first kappa shape index (κ1) is 20.2. The van der Waals surface area contributed by atoms with E-state index in [2.05, 4.69) is 36.1 Å². The zero-order valence-electron chi connectivity index (χ0n) is 16.8. The number of carbonyl (C=O) groups excluding carboxylic acids is 1. The number of nitrogens with zero attached hydrogens (tertiary/aromatic N) is 1. The quantitative estimate of drug-likeness (QED) is 0.786. The molecule has 1 aliphatic rings. The topological polar surface area (TPSA) is 64.8 Å². The van der Waals surface area contributed by atoms with Gasteiger partial charge in [-0.2, -0.15) is 0 Å². The molecule has 5 heteroatoms. The van der Waals surface area contributed by atoms with Gasteiger partial charge in [0.2, 0.25) is 0 Å². The van der Waals surface area contributed by atoms with Crippen LogP contribution in [0.1, 0.15) is 48.4 Å². The lowest BCUT2D eigenvalue weighted by molar-refractivity contribution is -0.119. The van der Waals surface area contributed by atoms with Crippen LogP contribution in [0.4, 0.5) is 0 Å². The van der Waals surface area contributed by atoms with Gasteiger partial charge in [0.1, 0.15) is 0 Å². The van der Waals surface area contributed by atoms with Gasteiger partial charge in [-0.15, -0.1) is 0 Å². The molecule has 0 spiro atoms. The van der Waals surface area contributed by atoms with Gasteiger partial charge in [0.25, 0.3) is 5.91 Å². The van der Waals surface area contributed by atoms with Crippen LogP contribution in [-0.2, 0) is 11.3 Å². The fraction of sp³-hybridized carbons (Fsp3) is 0.435. The van der Waals surface area contributed by atoms with Crippen molar-refractivity contribution in [1.29, 1.82) is 0 Å². The molecule has 0 saturated carbocycles. The van der Waals surface area contributed by atoms with Crippen LogP contribution in [-0.4, -0.2) is 31.1 Å². The molecule has 0 aliphatic carbocycles. The van der Waals surface area contributed by atoms with E-state index in [1.54, 1.807) is 7.11 Å². The summed E-state index contributed by atoms with van der Waals surface area (Å²) in [7, 11) is 1.61. The minimum Gasteiger partial charge on any atom is -0.493 e. The first-order chi connectivity index (χ1) is 13.6. The number of benzene rings is 2. The van der Waals surface area contributed by atoms with Crippen LogP contribution >= 0.6 is 0 Å². The Balaban J connectivity index is 1.80. The summed E-state index contributed by atoms with van der Waals surface area (Å²) in [4.78, 5) is 13.5. The van der Waals surface area contributed by atoms with Crippen LogP contribution < -0.4 is 15.2 Å². The lowest BCUT2D eigenvalue weighted by Crippen LogP contribution is -2.28. The maximum Gasteiger partial charge on any atom is 0.255 e. The fourth-order valence-corrected chi connectivity index (χ4v) is 3.92. The number of likely N-dealkylation sites (tertiary alicyclic amines) is 1. The van der Waals surface area contributed by atoms with E-state index in [-0.39, 0.29) is 6.61 Å². The number of hydrogen-bond acceptors (Lipinski definition) is 4. The van der Waals surface area contributed by atoms with Gasteiger partial charge in [-0.05, 0) is 49.6 Å². The van der Waals surface area contributed by atoms with E-state index in [4.69, 9.17) is 15.2 Å². The predicted molar refractivity (Wildman–Crippen MR) is 110 cm³/mol. The van der Waals surface area contributed by atoms with Gasteiger partial charge in [0.05, 0.1) is 7.11 Å². The van der Waals surface area contributed by atoms with E-state index in [0.29, 0.717) is 17.5 Å². The van der Waals surface area contributed by atoms with Crippen molar-refractivity contribution >= 4 is 5.91 Å². The molecule has 1 fully saturated rings. The summed E-state index contributed by atoms with van der Waals surface area (Å²) in [5.74, 6) is 0.661. The molecular formula is C23H30N2O3. The van der Waals surface area contributed by atoms with Gasteiger partial charge in [0, 0.05) is 12.6 Å². The number of nitrogens with two attached hydrogens (primary N) is 1. The summed E-state index contributed by atoms with van der Waals surface area (Å²) in [5.41, 5.74) is 9.04. The molecule has 1 saturated heterocycles. The van der Waals surface area contributed by atoms with Crippen molar-refractivity contribution < 1.29 is 14.3 Å². The Morgan fingerprint density at radius 2 is 2.00 bits per heavy atom. The molecule has 0 radical (unpaired) electrons. The highest BCUT2D eigenvalue weighted by Crippen LogP contribution is 2.34. The number of methoxy groups -OCH3 is 1. The molecular weight excluding hydrogens is 352 g/mol. The zero-order valence-corrected chi connectivity index (χ0v) is 16.8. The molecule has 2 aromatic rings. The third kappa shape index (κ3) is 5.26. The number of carbonyl (C=O) groups is 1. The summed E-state index contributed by atoms with van der Waals surface area (Å²) in [6, 6.07) is 15.2. The molecule has 0 aromatic heterocycles. The molecule has 1 heterocycles. The number of primary amides is 1. The smallest absolute Gasteiger partial charge is 0.255 e. The van der Waals surface area contributed by atoms with Gasteiger partial charge in [-0.1, -0.05) is 48.7 Å². The van der Waals surface area contributed by atoms with E-state index in [0.717, 1.165) is 13.1 Å². The summed E-state index contributed by atoms with van der Waals surface area (Å²) in [6.07, 6.45) is 4.94. The van der Waals surface area contributed by atoms with Crippen molar-refractivity contribution in [2.24, 2.45) is 5.73 Å². The maximum atomic E-state index is 11.0. The molecule has 2 N–H and O–H groups in total. The molecule has 150 valence electrons. The largest absolute Gasteiger partial charge is 0.493 e. The highest BCUT2D eigenvalue weighted by Gasteiger charge is 2.23. The molecule has 28 heavy (non-hydrogen) atoms. The summed E-state index contributed by atoms with van der Waals surface area (Å²) >= 11 is 0. The molecule has 1 aliphatic heterocycles. The van der Waals surface area contributed by atoms with Crippen LogP contribution in [0.5, 0.6) is 11.5 Å². The van der Waals surface area contributed by atoms with Crippen LogP contribution in [0.3, 0.4) is 0 Å². The first-order valence-electron chi connectivity index (χ1n) is 9.95. The van der Waals surface area contributed by atoms with Crippen molar-refractivity contribution in [3.63, 3.8) is 0 Å².